The first-order valence-corrected chi connectivity index (χ1v) is 12.8. The van der Waals surface area contributed by atoms with E-state index in [1.807, 2.05) is 6.20 Å². The van der Waals surface area contributed by atoms with Crippen molar-refractivity contribution in [3.8, 4) is 0 Å². The highest BCUT2D eigenvalue weighted by molar-refractivity contribution is 5.58. The molecule has 0 spiro atoms. The lowest BCUT2D eigenvalue weighted by Crippen LogP contribution is -2.56. The van der Waals surface area contributed by atoms with Crippen LogP contribution < -0.4 is 10.2 Å². The van der Waals surface area contributed by atoms with Crippen molar-refractivity contribution in [2.45, 2.75) is 50.4 Å². The number of piperazine rings is 1. The van der Waals surface area contributed by atoms with Gasteiger partial charge in [-0.2, -0.15) is 0 Å². The highest BCUT2D eigenvalue weighted by Crippen LogP contribution is 2.34. The molecule has 33 heavy (non-hydrogen) atoms. The number of aryl methyl sites for hydroxylation is 1. The first kappa shape index (κ1) is 21.5. The zero-order valence-electron chi connectivity index (χ0n) is 19.9. The summed E-state index contributed by atoms with van der Waals surface area (Å²) in [7, 11) is 2.29. The number of ether oxygens (including phenoxy) is 1. The number of benzene rings is 1. The minimum atomic E-state index is 0.442. The van der Waals surface area contributed by atoms with Crippen LogP contribution in [0.1, 0.15) is 41.3 Å². The van der Waals surface area contributed by atoms with Gasteiger partial charge in [-0.15, -0.1) is 0 Å². The highest BCUT2D eigenvalue weighted by atomic mass is 16.5. The molecule has 0 radical (unpaired) electrons. The van der Waals surface area contributed by atoms with Gasteiger partial charge in [0.25, 0.3) is 0 Å². The Balaban J connectivity index is 1.13. The molecule has 0 saturated carbocycles. The second kappa shape index (κ2) is 9.34. The molecule has 6 rings (SSSR count). The molecule has 2 fully saturated rings. The van der Waals surface area contributed by atoms with Crippen LogP contribution in [0.4, 0.5) is 5.69 Å². The summed E-state index contributed by atoms with van der Waals surface area (Å²) in [4.78, 5) is 12.6. The lowest BCUT2D eigenvalue weighted by atomic mass is 9.89. The van der Waals surface area contributed by atoms with E-state index in [4.69, 9.17) is 9.72 Å². The fourth-order valence-electron chi connectivity index (χ4n) is 6.27. The molecule has 2 aromatic rings. The number of pyridine rings is 1. The van der Waals surface area contributed by atoms with E-state index in [9.17, 15) is 0 Å². The van der Waals surface area contributed by atoms with E-state index in [1.165, 1.54) is 41.8 Å². The Hall–Kier alpha value is -1.99. The van der Waals surface area contributed by atoms with Crippen molar-refractivity contribution in [3.63, 3.8) is 0 Å². The minimum Gasteiger partial charge on any atom is -0.378 e. The number of nitrogens with zero attached hydrogens (tertiary/aromatic N) is 4. The van der Waals surface area contributed by atoms with Crippen LogP contribution in [0, 0.1) is 0 Å². The fourth-order valence-corrected chi connectivity index (χ4v) is 6.27. The molecule has 6 heteroatoms. The van der Waals surface area contributed by atoms with Crippen molar-refractivity contribution in [1.82, 2.24) is 20.1 Å². The second-order valence-electron chi connectivity index (χ2n) is 10.3. The predicted molar refractivity (Wildman–Crippen MR) is 132 cm³/mol. The van der Waals surface area contributed by atoms with E-state index in [1.54, 1.807) is 5.56 Å². The van der Waals surface area contributed by atoms with Crippen LogP contribution in [0.25, 0.3) is 0 Å². The Bertz CT molecular complexity index is 969. The molecule has 6 nitrogen and oxygen atoms in total. The van der Waals surface area contributed by atoms with Crippen LogP contribution >= 0.6 is 0 Å². The third-order valence-electron chi connectivity index (χ3n) is 8.28. The SMILES string of the molecule is CN(C[C@@H]1Cc2c(cccc2N2CCN(C3COC3)CC2)CN1)[C@H]1CCCc2cccnc21. The minimum absolute atomic E-state index is 0.442. The molecule has 2 saturated heterocycles. The van der Waals surface area contributed by atoms with Gasteiger partial charge in [0.05, 0.1) is 31.0 Å². The number of likely N-dealkylation sites (N-methyl/N-ethyl adjacent to an activating group) is 1. The van der Waals surface area contributed by atoms with Gasteiger partial charge in [0, 0.05) is 57.2 Å². The van der Waals surface area contributed by atoms with E-state index in [0.29, 0.717) is 18.1 Å². The van der Waals surface area contributed by atoms with Crippen molar-refractivity contribution in [2.75, 3.05) is 57.9 Å². The first-order chi connectivity index (χ1) is 16.3. The highest BCUT2D eigenvalue weighted by Gasteiger charge is 2.31. The Labute approximate surface area is 197 Å². The van der Waals surface area contributed by atoms with Crippen LogP contribution in [0.2, 0.25) is 0 Å². The molecular weight excluding hydrogens is 410 g/mol. The zero-order valence-corrected chi connectivity index (χ0v) is 19.9. The summed E-state index contributed by atoms with van der Waals surface area (Å²) in [6.07, 6.45) is 6.72. The molecule has 1 N–H and O–H groups in total. The molecule has 1 aliphatic carbocycles. The third-order valence-corrected chi connectivity index (χ3v) is 8.28. The van der Waals surface area contributed by atoms with Crippen LogP contribution in [-0.4, -0.2) is 79.9 Å². The monoisotopic (exact) mass is 447 g/mol. The summed E-state index contributed by atoms with van der Waals surface area (Å²) >= 11 is 0. The molecule has 0 amide bonds. The average molecular weight is 448 g/mol. The summed E-state index contributed by atoms with van der Waals surface area (Å²) in [5.74, 6) is 0. The quantitative estimate of drug-likeness (QED) is 0.760. The maximum Gasteiger partial charge on any atom is 0.0645 e. The largest absolute Gasteiger partial charge is 0.378 e. The molecule has 176 valence electrons. The van der Waals surface area contributed by atoms with Crippen molar-refractivity contribution in [1.29, 1.82) is 0 Å². The van der Waals surface area contributed by atoms with Crippen molar-refractivity contribution in [3.05, 3.63) is 58.9 Å². The number of hydrogen-bond acceptors (Lipinski definition) is 6. The van der Waals surface area contributed by atoms with Gasteiger partial charge in [0.1, 0.15) is 0 Å². The van der Waals surface area contributed by atoms with Crippen LogP contribution in [0.15, 0.2) is 36.5 Å². The standard InChI is InChI=1S/C27H37N5O/c1-30(26-9-2-5-20-7-4-10-28-27(20)26)17-22-15-24-21(16-29-22)6-3-8-25(24)32-13-11-31(12-14-32)23-18-33-19-23/h3-4,6-8,10,22-23,26,29H,2,5,9,11-19H2,1H3/t22-,26-/m0/s1. The molecule has 2 atom stereocenters. The topological polar surface area (TPSA) is 43.9 Å². The van der Waals surface area contributed by atoms with Crippen molar-refractivity contribution >= 4 is 5.69 Å². The third kappa shape index (κ3) is 4.30. The number of anilines is 1. The van der Waals surface area contributed by atoms with Crippen molar-refractivity contribution < 1.29 is 4.74 Å². The number of fused-ring (bicyclic) bond motifs is 2. The lowest BCUT2D eigenvalue weighted by Gasteiger charge is -2.44. The lowest BCUT2D eigenvalue weighted by molar-refractivity contribution is -0.0660. The Morgan fingerprint density at radius 3 is 2.76 bits per heavy atom. The molecule has 4 heterocycles. The molecule has 0 bridgehead atoms. The van der Waals surface area contributed by atoms with Gasteiger partial charge < -0.3 is 15.0 Å². The molecule has 3 aliphatic heterocycles. The van der Waals surface area contributed by atoms with Gasteiger partial charge in [-0.25, -0.2) is 0 Å². The molecule has 1 aromatic heterocycles. The van der Waals surface area contributed by atoms with Gasteiger partial charge in [-0.3, -0.25) is 14.8 Å². The summed E-state index contributed by atoms with van der Waals surface area (Å²) in [6.45, 7) is 8.41. The molecular formula is C27H37N5O. The second-order valence-corrected chi connectivity index (χ2v) is 10.3. The Kier molecular flexibility index (Phi) is 6.09. The fraction of sp³-hybridized carbons (Fsp3) is 0.593. The van der Waals surface area contributed by atoms with Gasteiger partial charge >= 0.3 is 0 Å². The van der Waals surface area contributed by atoms with Gasteiger partial charge in [-0.05, 0) is 61.6 Å². The van der Waals surface area contributed by atoms with Gasteiger partial charge in [0.15, 0.2) is 0 Å². The number of nitrogens with one attached hydrogen (secondary N) is 1. The first-order valence-electron chi connectivity index (χ1n) is 12.8. The smallest absolute Gasteiger partial charge is 0.0645 e. The van der Waals surface area contributed by atoms with Gasteiger partial charge in [0.2, 0.25) is 0 Å². The van der Waals surface area contributed by atoms with Crippen LogP contribution in [-0.2, 0) is 24.1 Å². The van der Waals surface area contributed by atoms with E-state index in [-0.39, 0.29) is 0 Å². The Morgan fingerprint density at radius 1 is 1.09 bits per heavy atom. The zero-order chi connectivity index (χ0) is 22.2. The van der Waals surface area contributed by atoms with E-state index < -0.39 is 0 Å². The summed E-state index contributed by atoms with van der Waals surface area (Å²) in [6, 6.07) is 12.8. The van der Waals surface area contributed by atoms with Crippen LogP contribution in [0.5, 0.6) is 0 Å². The molecule has 0 unspecified atom stereocenters. The maximum absolute atomic E-state index is 5.41. The molecule has 4 aliphatic rings. The van der Waals surface area contributed by atoms with E-state index >= 15 is 0 Å². The van der Waals surface area contributed by atoms with E-state index in [2.05, 4.69) is 57.4 Å². The number of aromatic nitrogens is 1. The Morgan fingerprint density at radius 2 is 1.94 bits per heavy atom. The van der Waals surface area contributed by atoms with Crippen molar-refractivity contribution in [2.24, 2.45) is 0 Å². The number of rotatable bonds is 5. The summed E-state index contributed by atoms with van der Waals surface area (Å²) in [5.41, 5.74) is 7.26. The maximum atomic E-state index is 5.41. The van der Waals surface area contributed by atoms with Gasteiger partial charge in [-0.1, -0.05) is 18.2 Å². The predicted octanol–water partition coefficient (Wildman–Crippen LogP) is 2.63. The van der Waals surface area contributed by atoms with Crippen LogP contribution in [0.3, 0.4) is 0 Å². The normalized spacial score (nSPS) is 26.1. The number of hydrogen-bond donors (Lipinski definition) is 1. The summed E-state index contributed by atoms with van der Waals surface area (Å²) in [5, 5.41) is 3.83. The van der Waals surface area contributed by atoms with E-state index in [0.717, 1.165) is 58.9 Å². The summed E-state index contributed by atoms with van der Waals surface area (Å²) < 4.78 is 5.41. The average Bonchev–Trinajstić information content (AvgIpc) is 2.83. The molecule has 1 aromatic carbocycles.